The number of Topliss-reactive ketones (excluding diaryl/α,β-unsaturated/α-hetero) is 1. The second-order valence-electron chi connectivity index (χ2n) is 4.11. The van der Waals surface area contributed by atoms with Crippen molar-refractivity contribution in [2.24, 2.45) is 0 Å². The molecule has 1 aromatic heterocycles. The predicted molar refractivity (Wildman–Crippen MR) is 67.0 cm³/mol. The van der Waals surface area contributed by atoms with Crippen molar-refractivity contribution < 1.29 is 4.79 Å². The van der Waals surface area contributed by atoms with E-state index in [0.717, 1.165) is 24.2 Å². The van der Waals surface area contributed by atoms with Gasteiger partial charge in [-0.3, -0.25) is 9.48 Å². The van der Waals surface area contributed by atoms with Crippen LogP contribution in [0.2, 0.25) is 0 Å². The SMILES string of the molecule is Cc1ccn(CCCC(=O)c2ccccc2)n1. The zero-order valence-electron chi connectivity index (χ0n) is 9.97. The summed E-state index contributed by atoms with van der Waals surface area (Å²) in [6.45, 7) is 2.76. The number of hydrogen-bond donors (Lipinski definition) is 0. The number of carbonyl (C=O) groups excluding carboxylic acids is 1. The molecule has 3 nitrogen and oxygen atoms in total. The van der Waals surface area contributed by atoms with E-state index in [1.54, 1.807) is 0 Å². The molecule has 0 spiro atoms. The van der Waals surface area contributed by atoms with Gasteiger partial charge >= 0.3 is 0 Å². The van der Waals surface area contributed by atoms with Crippen molar-refractivity contribution in [3.8, 4) is 0 Å². The molecule has 0 aliphatic rings. The van der Waals surface area contributed by atoms with Gasteiger partial charge in [0, 0.05) is 24.7 Å². The Morgan fingerprint density at radius 1 is 1.24 bits per heavy atom. The van der Waals surface area contributed by atoms with E-state index in [4.69, 9.17) is 0 Å². The van der Waals surface area contributed by atoms with Gasteiger partial charge in [-0.1, -0.05) is 30.3 Å². The Morgan fingerprint density at radius 3 is 2.65 bits per heavy atom. The van der Waals surface area contributed by atoms with Crippen LogP contribution in [-0.4, -0.2) is 15.6 Å². The third-order valence-corrected chi connectivity index (χ3v) is 2.66. The molecule has 0 amide bonds. The Hall–Kier alpha value is -1.90. The van der Waals surface area contributed by atoms with Crippen LogP contribution in [0.3, 0.4) is 0 Å². The van der Waals surface area contributed by atoms with Gasteiger partial charge in [0.15, 0.2) is 5.78 Å². The predicted octanol–water partition coefficient (Wildman–Crippen LogP) is 2.85. The average Bonchev–Trinajstić information content (AvgIpc) is 2.76. The highest BCUT2D eigenvalue weighted by molar-refractivity contribution is 5.95. The fourth-order valence-electron chi connectivity index (χ4n) is 1.76. The quantitative estimate of drug-likeness (QED) is 0.737. The fraction of sp³-hybridized carbons (Fsp3) is 0.286. The van der Waals surface area contributed by atoms with E-state index in [9.17, 15) is 4.79 Å². The Bertz CT molecular complexity index is 488. The van der Waals surface area contributed by atoms with Crippen molar-refractivity contribution in [3.63, 3.8) is 0 Å². The molecule has 0 fully saturated rings. The summed E-state index contributed by atoms with van der Waals surface area (Å²) in [7, 11) is 0. The molecule has 0 saturated heterocycles. The van der Waals surface area contributed by atoms with Crippen LogP contribution in [0.15, 0.2) is 42.6 Å². The van der Waals surface area contributed by atoms with E-state index >= 15 is 0 Å². The maximum Gasteiger partial charge on any atom is 0.162 e. The van der Waals surface area contributed by atoms with E-state index in [1.165, 1.54) is 0 Å². The molecule has 0 atom stereocenters. The van der Waals surface area contributed by atoms with Gasteiger partial charge in [-0.05, 0) is 19.4 Å². The summed E-state index contributed by atoms with van der Waals surface area (Å²) in [5.74, 6) is 0.203. The van der Waals surface area contributed by atoms with Crippen LogP contribution in [0, 0.1) is 6.92 Å². The molecular weight excluding hydrogens is 212 g/mol. The number of rotatable bonds is 5. The lowest BCUT2D eigenvalue weighted by molar-refractivity contribution is 0.0978. The lowest BCUT2D eigenvalue weighted by Gasteiger charge is -2.02. The maximum absolute atomic E-state index is 11.8. The van der Waals surface area contributed by atoms with Crippen molar-refractivity contribution >= 4 is 5.78 Å². The largest absolute Gasteiger partial charge is 0.294 e. The van der Waals surface area contributed by atoms with E-state index in [-0.39, 0.29) is 5.78 Å². The van der Waals surface area contributed by atoms with Crippen LogP contribution >= 0.6 is 0 Å². The van der Waals surface area contributed by atoms with E-state index in [2.05, 4.69) is 5.10 Å². The van der Waals surface area contributed by atoms with Gasteiger partial charge < -0.3 is 0 Å². The zero-order chi connectivity index (χ0) is 12.1. The first-order valence-electron chi connectivity index (χ1n) is 5.84. The molecule has 2 aromatic rings. The summed E-state index contributed by atoms with van der Waals surface area (Å²) in [5, 5.41) is 4.29. The van der Waals surface area contributed by atoms with Crippen LogP contribution < -0.4 is 0 Å². The number of nitrogens with zero attached hydrogens (tertiary/aromatic N) is 2. The van der Waals surface area contributed by atoms with Crippen LogP contribution in [0.4, 0.5) is 0 Å². The van der Waals surface area contributed by atoms with Crippen molar-refractivity contribution in [1.29, 1.82) is 0 Å². The molecule has 0 bridgehead atoms. The van der Waals surface area contributed by atoms with Gasteiger partial charge in [0.1, 0.15) is 0 Å². The highest BCUT2D eigenvalue weighted by Crippen LogP contribution is 2.06. The Morgan fingerprint density at radius 2 is 2.00 bits per heavy atom. The van der Waals surface area contributed by atoms with Gasteiger partial charge in [0.2, 0.25) is 0 Å². The summed E-state index contributed by atoms with van der Waals surface area (Å²) in [6.07, 6.45) is 3.35. The molecule has 0 saturated carbocycles. The third-order valence-electron chi connectivity index (χ3n) is 2.66. The first-order valence-corrected chi connectivity index (χ1v) is 5.84. The lowest BCUT2D eigenvalue weighted by atomic mass is 10.1. The van der Waals surface area contributed by atoms with Crippen molar-refractivity contribution in [2.75, 3.05) is 0 Å². The van der Waals surface area contributed by atoms with Crippen molar-refractivity contribution in [2.45, 2.75) is 26.3 Å². The number of aromatic nitrogens is 2. The van der Waals surface area contributed by atoms with Crippen LogP contribution in [0.1, 0.15) is 28.9 Å². The number of carbonyl (C=O) groups is 1. The van der Waals surface area contributed by atoms with E-state index < -0.39 is 0 Å². The Balaban J connectivity index is 1.81. The van der Waals surface area contributed by atoms with Gasteiger partial charge in [0.05, 0.1) is 5.69 Å². The molecule has 1 heterocycles. The molecule has 0 aliphatic carbocycles. The summed E-state index contributed by atoms with van der Waals surface area (Å²) in [5.41, 5.74) is 1.81. The highest BCUT2D eigenvalue weighted by Gasteiger charge is 2.04. The first kappa shape index (κ1) is 11.6. The lowest BCUT2D eigenvalue weighted by Crippen LogP contribution is -2.04. The minimum absolute atomic E-state index is 0.203. The van der Waals surface area contributed by atoms with Gasteiger partial charge in [0.25, 0.3) is 0 Å². The third kappa shape index (κ3) is 3.28. The van der Waals surface area contributed by atoms with Gasteiger partial charge in [-0.2, -0.15) is 5.10 Å². The fourth-order valence-corrected chi connectivity index (χ4v) is 1.76. The van der Waals surface area contributed by atoms with Crippen LogP contribution in [-0.2, 0) is 6.54 Å². The molecule has 0 aliphatic heterocycles. The van der Waals surface area contributed by atoms with Crippen LogP contribution in [0.25, 0.3) is 0 Å². The van der Waals surface area contributed by atoms with E-state index in [1.807, 2.05) is 54.2 Å². The summed E-state index contributed by atoms with van der Waals surface area (Å²) >= 11 is 0. The summed E-state index contributed by atoms with van der Waals surface area (Å²) in [6, 6.07) is 11.4. The number of benzene rings is 1. The van der Waals surface area contributed by atoms with E-state index in [0.29, 0.717) is 6.42 Å². The average molecular weight is 228 g/mol. The molecule has 1 aromatic carbocycles. The maximum atomic E-state index is 11.8. The van der Waals surface area contributed by atoms with Gasteiger partial charge in [-0.25, -0.2) is 0 Å². The van der Waals surface area contributed by atoms with Gasteiger partial charge in [-0.15, -0.1) is 0 Å². The molecule has 0 N–H and O–H groups in total. The molecular formula is C14H16N2O. The summed E-state index contributed by atoms with van der Waals surface area (Å²) < 4.78 is 1.88. The second-order valence-corrected chi connectivity index (χ2v) is 4.11. The Kier molecular flexibility index (Phi) is 3.70. The molecule has 0 unspecified atom stereocenters. The monoisotopic (exact) mass is 228 g/mol. The minimum atomic E-state index is 0.203. The highest BCUT2D eigenvalue weighted by atomic mass is 16.1. The second kappa shape index (κ2) is 5.43. The first-order chi connectivity index (χ1) is 8.25. The number of aryl methyl sites for hydroxylation is 2. The number of hydrogen-bond acceptors (Lipinski definition) is 2. The zero-order valence-corrected chi connectivity index (χ0v) is 9.97. The Labute approximate surface area is 101 Å². The number of ketones is 1. The molecule has 17 heavy (non-hydrogen) atoms. The molecule has 0 radical (unpaired) electrons. The van der Waals surface area contributed by atoms with Crippen molar-refractivity contribution in [1.82, 2.24) is 9.78 Å². The minimum Gasteiger partial charge on any atom is -0.294 e. The topological polar surface area (TPSA) is 34.9 Å². The standard InChI is InChI=1S/C14H16N2O/c1-12-9-11-16(15-12)10-5-8-14(17)13-6-3-2-4-7-13/h2-4,6-7,9,11H,5,8,10H2,1H3. The molecule has 3 heteroatoms. The molecule has 88 valence electrons. The smallest absolute Gasteiger partial charge is 0.162 e. The summed E-state index contributed by atoms with van der Waals surface area (Å²) in [4.78, 5) is 11.8. The normalized spacial score (nSPS) is 10.4. The van der Waals surface area contributed by atoms with Crippen molar-refractivity contribution in [3.05, 3.63) is 53.9 Å². The van der Waals surface area contributed by atoms with Crippen LogP contribution in [0.5, 0.6) is 0 Å². The molecule has 2 rings (SSSR count).